The van der Waals surface area contributed by atoms with Crippen LogP contribution in [0, 0.1) is 0 Å². The maximum absolute atomic E-state index is 5.99. The predicted molar refractivity (Wildman–Crippen MR) is 109 cm³/mol. The number of para-hydroxylation sites is 2. The molecule has 4 heteroatoms. The first-order valence-electron chi connectivity index (χ1n) is 9.70. The maximum atomic E-state index is 5.99. The first-order valence-corrected chi connectivity index (χ1v) is 9.70. The Kier molecular flexibility index (Phi) is 7.54. The van der Waals surface area contributed by atoms with E-state index >= 15 is 0 Å². The van der Waals surface area contributed by atoms with E-state index in [2.05, 4.69) is 15.4 Å². The summed E-state index contributed by atoms with van der Waals surface area (Å²) in [7, 11) is 0. The van der Waals surface area contributed by atoms with E-state index in [1.807, 2.05) is 60.8 Å². The average molecular weight is 351 g/mol. The van der Waals surface area contributed by atoms with E-state index in [1.165, 1.54) is 45.3 Å². The van der Waals surface area contributed by atoms with Crippen molar-refractivity contribution in [1.82, 2.24) is 4.90 Å². The molecule has 4 nitrogen and oxygen atoms in total. The Morgan fingerprint density at radius 2 is 1.69 bits per heavy atom. The molecular weight excluding hydrogens is 322 g/mol. The van der Waals surface area contributed by atoms with Crippen LogP contribution in [-0.4, -0.2) is 37.4 Å². The van der Waals surface area contributed by atoms with Crippen LogP contribution in [0.2, 0.25) is 0 Å². The molecule has 0 atom stereocenters. The highest BCUT2D eigenvalue weighted by atomic mass is 16.5. The number of hydrogen-bond donors (Lipinski definition) is 1. The van der Waals surface area contributed by atoms with Crippen LogP contribution in [-0.2, 0) is 0 Å². The summed E-state index contributed by atoms with van der Waals surface area (Å²) in [5.41, 5.74) is 5.01. The molecule has 26 heavy (non-hydrogen) atoms. The van der Waals surface area contributed by atoms with Crippen molar-refractivity contribution >= 4 is 11.9 Å². The third kappa shape index (κ3) is 6.19. The number of rotatable bonds is 9. The lowest BCUT2D eigenvalue weighted by Gasteiger charge is -2.26. The standard InChI is InChI=1S/C22H29N3O/c1-3-12-21(13-4-1)24-23-19-20-11-5-6-14-22(20)26-18-10-9-17-25-15-7-2-8-16-25/h1,3-6,11-14,19,24H,2,7-10,15-18H2. The molecule has 0 aromatic heterocycles. The number of nitrogens with zero attached hydrogens (tertiary/aromatic N) is 2. The van der Waals surface area contributed by atoms with Crippen LogP contribution in [0.4, 0.5) is 5.69 Å². The Balaban J connectivity index is 1.41. The number of hydrazone groups is 1. The van der Waals surface area contributed by atoms with Gasteiger partial charge in [0.15, 0.2) is 0 Å². The van der Waals surface area contributed by atoms with Crippen LogP contribution < -0.4 is 10.2 Å². The van der Waals surface area contributed by atoms with Crippen LogP contribution in [0.25, 0.3) is 0 Å². The quantitative estimate of drug-likeness (QED) is 0.401. The fourth-order valence-electron chi connectivity index (χ4n) is 3.21. The van der Waals surface area contributed by atoms with Crippen molar-refractivity contribution < 1.29 is 4.74 Å². The second-order valence-corrected chi connectivity index (χ2v) is 6.73. The molecule has 1 heterocycles. The van der Waals surface area contributed by atoms with Crippen molar-refractivity contribution in [2.45, 2.75) is 32.1 Å². The smallest absolute Gasteiger partial charge is 0.128 e. The van der Waals surface area contributed by atoms with Gasteiger partial charge in [0.1, 0.15) is 5.75 Å². The largest absolute Gasteiger partial charge is 0.493 e. The van der Waals surface area contributed by atoms with E-state index in [0.717, 1.165) is 30.0 Å². The van der Waals surface area contributed by atoms with Gasteiger partial charge in [-0.3, -0.25) is 5.43 Å². The Morgan fingerprint density at radius 1 is 0.923 bits per heavy atom. The molecule has 0 unspecified atom stereocenters. The minimum Gasteiger partial charge on any atom is -0.493 e. The summed E-state index contributed by atoms with van der Waals surface area (Å²) in [5.74, 6) is 0.893. The van der Waals surface area contributed by atoms with Crippen LogP contribution in [0.3, 0.4) is 0 Å². The third-order valence-corrected chi connectivity index (χ3v) is 4.67. The Morgan fingerprint density at radius 3 is 2.54 bits per heavy atom. The Hall–Kier alpha value is -2.33. The van der Waals surface area contributed by atoms with Crippen molar-refractivity contribution in [2.75, 3.05) is 31.7 Å². The minimum absolute atomic E-state index is 0.755. The van der Waals surface area contributed by atoms with Crippen molar-refractivity contribution in [3.8, 4) is 5.75 Å². The topological polar surface area (TPSA) is 36.9 Å². The number of ether oxygens (including phenoxy) is 1. The molecule has 1 aliphatic rings. The number of hydrogen-bond acceptors (Lipinski definition) is 4. The van der Waals surface area contributed by atoms with Crippen LogP contribution >= 0.6 is 0 Å². The van der Waals surface area contributed by atoms with Gasteiger partial charge in [-0.1, -0.05) is 36.8 Å². The molecule has 1 aliphatic heterocycles. The monoisotopic (exact) mass is 351 g/mol. The molecular formula is C22H29N3O. The molecule has 3 rings (SSSR count). The van der Waals surface area contributed by atoms with Crippen molar-refractivity contribution in [3.05, 3.63) is 60.2 Å². The lowest BCUT2D eigenvalue weighted by atomic mass is 10.1. The molecule has 1 saturated heterocycles. The maximum Gasteiger partial charge on any atom is 0.128 e. The fraction of sp³-hybridized carbons (Fsp3) is 0.409. The second-order valence-electron chi connectivity index (χ2n) is 6.73. The summed E-state index contributed by atoms with van der Waals surface area (Å²) in [6.07, 6.45) is 8.23. The summed E-state index contributed by atoms with van der Waals surface area (Å²) >= 11 is 0. The molecule has 0 amide bonds. The van der Waals surface area contributed by atoms with Crippen LogP contribution in [0.5, 0.6) is 5.75 Å². The Labute approximate surface area is 156 Å². The third-order valence-electron chi connectivity index (χ3n) is 4.67. The molecule has 0 bridgehead atoms. The van der Waals surface area contributed by atoms with Gasteiger partial charge in [0, 0.05) is 5.56 Å². The molecule has 0 radical (unpaired) electrons. The van der Waals surface area contributed by atoms with E-state index in [0.29, 0.717) is 0 Å². The van der Waals surface area contributed by atoms with Crippen molar-refractivity contribution in [3.63, 3.8) is 0 Å². The van der Waals surface area contributed by atoms with Gasteiger partial charge >= 0.3 is 0 Å². The zero-order chi connectivity index (χ0) is 17.9. The normalized spacial score (nSPS) is 15.2. The number of piperidine rings is 1. The predicted octanol–water partition coefficient (Wildman–Crippen LogP) is 4.78. The minimum atomic E-state index is 0.755. The number of unbranched alkanes of at least 4 members (excludes halogenated alkanes) is 1. The summed E-state index contributed by atoms with van der Waals surface area (Å²) in [6.45, 7) is 4.50. The molecule has 138 valence electrons. The first kappa shape index (κ1) is 18.5. The number of anilines is 1. The van der Waals surface area contributed by atoms with Gasteiger partial charge in [0.05, 0.1) is 18.5 Å². The highest BCUT2D eigenvalue weighted by molar-refractivity contribution is 5.83. The van der Waals surface area contributed by atoms with Gasteiger partial charge < -0.3 is 9.64 Å². The van der Waals surface area contributed by atoms with E-state index in [9.17, 15) is 0 Å². The first-order chi connectivity index (χ1) is 12.9. The van der Waals surface area contributed by atoms with Gasteiger partial charge in [-0.05, 0) is 69.6 Å². The van der Waals surface area contributed by atoms with E-state index in [-0.39, 0.29) is 0 Å². The highest BCUT2D eigenvalue weighted by Crippen LogP contribution is 2.17. The van der Waals surface area contributed by atoms with E-state index < -0.39 is 0 Å². The summed E-state index contributed by atoms with van der Waals surface area (Å²) in [6, 6.07) is 18.0. The van der Waals surface area contributed by atoms with Gasteiger partial charge in [-0.15, -0.1) is 0 Å². The summed E-state index contributed by atoms with van der Waals surface area (Å²) in [4.78, 5) is 2.58. The molecule has 1 N–H and O–H groups in total. The van der Waals surface area contributed by atoms with E-state index in [4.69, 9.17) is 4.74 Å². The number of likely N-dealkylation sites (tertiary alicyclic amines) is 1. The summed E-state index contributed by atoms with van der Waals surface area (Å²) in [5, 5.41) is 4.32. The van der Waals surface area contributed by atoms with Gasteiger partial charge in [0.25, 0.3) is 0 Å². The zero-order valence-electron chi connectivity index (χ0n) is 15.4. The Bertz CT molecular complexity index is 666. The van der Waals surface area contributed by atoms with E-state index in [1.54, 1.807) is 0 Å². The number of nitrogens with one attached hydrogen (secondary N) is 1. The van der Waals surface area contributed by atoms with Gasteiger partial charge in [-0.25, -0.2) is 0 Å². The molecule has 0 aliphatic carbocycles. The van der Waals surface area contributed by atoms with Gasteiger partial charge in [0.2, 0.25) is 0 Å². The SMILES string of the molecule is C(=NNc1ccccc1)c1ccccc1OCCCCN1CCCCC1. The molecule has 0 saturated carbocycles. The van der Waals surface area contributed by atoms with Crippen molar-refractivity contribution in [1.29, 1.82) is 0 Å². The molecule has 2 aromatic carbocycles. The second kappa shape index (κ2) is 10.6. The highest BCUT2D eigenvalue weighted by Gasteiger charge is 2.09. The zero-order valence-corrected chi connectivity index (χ0v) is 15.4. The lowest BCUT2D eigenvalue weighted by molar-refractivity contribution is 0.216. The molecule has 0 spiro atoms. The summed E-state index contributed by atoms with van der Waals surface area (Å²) < 4.78 is 5.99. The van der Waals surface area contributed by atoms with Crippen LogP contribution in [0.1, 0.15) is 37.7 Å². The molecule has 2 aromatic rings. The number of benzene rings is 2. The average Bonchev–Trinajstić information content (AvgIpc) is 2.70. The van der Waals surface area contributed by atoms with Gasteiger partial charge in [-0.2, -0.15) is 5.10 Å². The molecule has 1 fully saturated rings. The van der Waals surface area contributed by atoms with Crippen molar-refractivity contribution in [2.24, 2.45) is 5.10 Å². The van der Waals surface area contributed by atoms with Crippen LogP contribution in [0.15, 0.2) is 59.7 Å². The fourth-order valence-corrected chi connectivity index (χ4v) is 3.21. The lowest BCUT2D eigenvalue weighted by Crippen LogP contribution is -2.30.